The van der Waals surface area contributed by atoms with Gasteiger partial charge in [-0.05, 0) is 39.7 Å². The fraction of sp³-hybridized carbons (Fsp3) is 0.750. The van der Waals surface area contributed by atoms with Gasteiger partial charge in [0.05, 0.1) is 11.7 Å². The second-order valence-electron chi connectivity index (χ2n) is 4.86. The van der Waals surface area contributed by atoms with E-state index in [9.17, 15) is 4.79 Å². The maximum atomic E-state index is 10.9. The van der Waals surface area contributed by atoms with E-state index in [-0.39, 0.29) is 17.7 Å². The summed E-state index contributed by atoms with van der Waals surface area (Å²) < 4.78 is 10.7. The molecule has 86 valence electrons. The quantitative estimate of drug-likeness (QED) is 0.399. The molecule has 0 bridgehead atoms. The van der Waals surface area contributed by atoms with Gasteiger partial charge in [0.2, 0.25) is 0 Å². The highest BCUT2D eigenvalue weighted by Gasteiger charge is 2.47. The summed E-state index contributed by atoms with van der Waals surface area (Å²) in [5.41, 5.74) is -0.563. The van der Waals surface area contributed by atoms with Gasteiger partial charge < -0.3 is 9.47 Å². The van der Waals surface area contributed by atoms with E-state index in [1.54, 1.807) is 6.08 Å². The summed E-state index contributed by atoms with van der Waals surface area (Å²) in [4.78, 5) is 10.9. The topological polar surface area (TPSA) is 38.8 Å². The summed E-state index contributed by atoms with van der Waals surface area (Å²) in [5.74, 6) is -0.270. The highest BCUT2D eigenvalue weighted by molar-refractivity contribution is 5.66. The minimum absolute atomic E-state index is 0.00168. The Hall–Kier alpha value is -0.830. The lowest BCUT2D eigenvalue weighted by molar-refractivity contribution is -0.151. The Balaban J connectivity index is 2.40. The predicted molar refractivity (Wildman–Crippen MR) is 58.6 cm³/mol. The summed E-state index contributed by atoms with van der Waals surface area (Å²) >= 11 is 0. The molecule has 0 N–H and O–H groups in total. The van der Waals surface area contributed by atoms with Crippen molar-refractivity contribution in [2.75, 3.05) is 0 Å². The van der Waals surface area contributed by atoms with Gasteiger partial charge in [0.25, 0.3) is 0 Å². The standard InChI is InChI=1S/C12H20O3/c1-6-12(5,14-9(2)13)8-7-10-11(3,4)15-10/h6,10H,1,7-8H2,2-5H3/t10-,12-/m0/s1. The first-order valence-corrected chi connectivity index (χ1v) is 5.30. The van der Waals surface area contributed by atoms with Crippen molar-refractivity contribution < 1.29 is 14.3 Å². The molecule has 0 saturated carbocycles. The number of carbonyl (C=O) groups is 1. The third-order valence-corrected chi connectivity index (χ3v) is 2.88. The van der Waals surface area contributed by atoms with E-state index in [0.29, 0.717) is 0 Å². The molecule has 0 radical (unpaired) electrons. The Morgan fingerprint density at radius 3 is 2.53 bits per heavy atom. The normalized spacial score (nSPS) is 26.5. The van der Waals surface area contributed by atoms with Crippen LogP contribution >= 0.6 is 0 Å². The lowest BCUT2D eigenvalue weighted by Gasteiger charge is -2.25. The second-order valence-corrected chi connectivity index (χ2v) is 4.86. The van der Waals surface area contributed by atoms with E-state index in [1.165, 1.54) is 6.92 Å². The van der Waals surface area contributed by atoms with Crippen molar-refractivity contribution in [2.24, 2.45) is 0 Å². The van der Waals surface area contributed by atoms with Crippen LogP contribution in [0.4, 0.5) is 0 Å². The van der Waals surface area contributed by atoms with E-state index in [1.807, 2.05) is 6.92 Å². The summed E-state index contributed by atoms with van der Waals surface area (Å²) in [6, 6.07) is 0. The molecule has 0 amide bonds. The minimum Gasteiger partial charge on any atom is -0.455 e. The Labute approximate surface area is 91.4 Å². The molecule has 0 spiro atoms. The fourth-order valence-electron chi connectivity index (χ4n) is 1.68. The summed E-state index contributed by atoms with van der Waals surface area (Å²) in [6.07, 6.45) is 3.61. The highest BCUT2D eigenvalue weighted by atomic mass is 16.6. The van der Waals surface area contributed by atoms with E-state index in [2.05, 4.69) is 20.4 Å². The zero-order valence-corrected chi connectivity index (χ0v) is 10.0. The van der Waals surface area contributed by atoms with Crippen LogP contribution in [0.15, 0.2) is 12.7 Å². The molecule has 0 aromatic heterocycles. The Morgan fingerprint density at radius 1 is 1.67 bits per heavy atom. The van der Waals surface area contributed by atoms with Crippen molar-refractivity contribution in [1.82, 2.24) is 0 Å². The van der Waals surface area contributed by atoms with Crippen LogP contribution in [0, 0.1) is 0 Å². The Bertz CT molecular complexity index is 270. The maximum absolute atomic E-state index is 10.9. The summed E-state index contributed by atoms with van der Waals surface area (Å²) in [7, 11) is 0. The van der Waals surface area contributed by atoms with Crippen LogP contribution in [0.1, 0.15) is 40.5 Å². The third-order valence-electron chi connectivity index (χ3n) is 2.88. The predicted octanol–water partition coefficient (Wildman–Crippen LogP) is 2.45. The van der Waals surface area contributed by atoms with E-state index < -0.39 is 5.60 Å². The van der Waals surface area contributed by atoms with Gasteiger partial charge in [-0.15, -0.1) is 0 Å². The smallest absolute Gasteiger partial charge is 0.303 e. The molecule has 0 aliphatic carbocycles. The van der Waals surface area contributed by atoms with Gasteiger partial charge in [-0.25, -0.2) is 0 Å². The van der Waals surface area contributed by atoms with Crippen LogP contribution in [-0.2, 0) is 14.3 Å². The molecule has 15 heavy (non-hydrogen) atoms. The maximum Gasteiger partial charge on any atom is 0.303 e. The Morgan fingerprint density at radius 2 is 2.20 bits per heavy atom. The van der Waals surface area contributed by atoms with Crippen LogP contribution < -0.4 is 0 Å². The summed E-state index contributed by atoms with van der Waals surface area (Å²) in [5, 5.41) is 0. The van der Waals surface area contributed by atoms with Crippen molar-refractivity contribution in [3.63, 3.8) is 0 Å². The zero-order chi connectivity index (χ0) is 11.7. The molecule has 1 aliphatic heterocycles. The van der Waals surface area contributed by atoms with Gasteiger partial charge in [0, 0.05) is 6.92 Å². The lowest BCUT2D eigenvalue weighted by Crippen LogP contribution is -2.29. The first kappa shape index (κ1) is 12.2. The molecule has 2 atom stereocenters. The van der Waals surface area contributed by atoms with E-state index in [0.717, 1.165) is 12.8 Å². The van der Waals surface area contributed by atoms with Gasteiger partial charge in [-0.2, -0.15) is 0 Å². The second kappa shape index (κ2) is 3.97. The molecule has 0 aromatic carbocycles. The van der Waals surface area contributed by atoms with Gasteiger partial charge in [0.1, 0.15) is 5.60 Å². The van der Waals surface area contributed by atoms with Gasteiger partial charge >= 0.3 is 5.97 Å². The first-order valence-electron chi connectivity index (χ1n) is 5.30. The SMILES string of the molecule is C=C[C@@](C)(CC[C@@H]1OC1(C)C)OC(C)=O. The number of rotatable bonds is 5. The molecule has 1 saturated heterocycles. The number of hydrogen-bond donors (Lipinski definition) is 0. The van der Waals surface area contributed by atoms with Crippen molar-refractivity contribution in [2.45, 2.75) is 57.8 Å². The monoisotopic (exact) mass is 212 g/mol. The van der Waals surface area contributed by atoms with Crippen molar-refractivity contribution in [3.05, 3.63) is 12.7 Å². The molecule has 1 aliphatic rings. The fourth-order valence-corrected chi connectivity index (χ4v) is 1.68. The van der Waals surface area contributed by atoms with Crippen molar-refractivity contribution in [3.8, 4) is 0 Å². The van der Waals surface area contributed by atoms with Gasteiger partial charge in [-0.3, -0.25) is 4.79 Å². The largest absolute Gasteiger partial charge is 0.455 e. The number of hydrogen-bond acceptors (Lipinski definition) is 3. The minimum atomic E-state index is -0.562. The van der Waals surface area contributed by atoms with Crippen molar-refractivity contribution in [1.29, 1.82) is 0 Å². The molecule has 3 nitrogen and oxygen atoms in total. The number of ether oxygens (including phenoxy) is 2. The van der Waals surface area contributed by atoms with Crippen molar-refractivity contribution >= 4 is 5.97 Å². The molecule has 1 rings (SSSR count). The van der Waals surface area contributed by atoms with Crippen LogP contribution in [-0.4, -0.2) is 23.3 Å². The highest BCUT2D eigenvalue weighted by Crippen LogP contribution is 2.39. The number of esters is 1. The average molecular weight is 212 g/mol. The molecule has 0 aromatic rings. The number of carbonyl (C=O) groups excluding carboxylic acids is 1. The summed E-state index contributed by atoms with van der Waals surface area (Å²) in [6.45, 7) is 11.1. The van der Waals surface area contributed by atoms with E-state index >= 15 is 0 Å². The average Bonchev–Trinajstić information content (AvgIpc) is 2.70. The molecule has 1 heterocycles. The first-order chi connectivity index (χ1) is 6.79. The number of epoxide rings is 1. The molecule has 3 heteroatoms. The van der Waals surface area contributed by atoms with Gasteiger partial charge in [-0.1, -0.05) is 6.58 Å². The molecular formula is C12H20O3. The molecular weight excluding hydrogens is 192 g/mol. The zero-order valence-electron chi connectivity index (χ0n) is 10.0. The van der Waals surface area contributed by atoms with Crippen LogP contribution in [0.25, 0.3) is 0 Å². The third kappa shape index (κ3) is 3.34. The lowest BCUT2D eigenvalue weighted by atomic mass is 9.96. The van der Waals surface area contributed by atoms with Crippen LogP contribution in [0.3, 0.4) is 0 Å². The molecule has 1 fully saturated rings. The van der Waals surface area contributed by atoms with Gasteiger partial charge in [0.15, 0.2) is 0 Å². The Kier molecular flexibility index (Phi) is 3.24. The van der Waals surface area contributed by atoms with Crippen LogP contribution in [0.2, 0.25) is 0 Å². The molecule has 0 unspecified atom stereocenters. The van der Waals surface area contributed by atoms with E-state index in [4.69, 9.17) is 9.47 Å². The van der Waals surface area contributed by atoms with Crippen LogP contribution in [0.5, 0.6) is 0 Å².